The molecular weight excluding hydrogens is 276 g/mol. The van der Waals surface area contributed by atoms with Gasteiger partial charge in [-0.2, -0.15) is 9.98 Å². The third-order valence-electron chi connectivity index (χ3n) is 4.52. The lowest BCUT2D eigenvalue weighted by atomic mass is 9.70. The van der Waals surface area contributed by atoms with Crippen LogP contribution in [0.4, 0.5) is 0 Å². The molecule has 4 nitrogen and oxygen atoms in total. The fourth-order valence-corrected chi connectivity index (χ4v) is 3.48. The Kier molecular flexibility index (Phi) is 2.87. The van der Waals surface area contributed by atoms with Gasteiger partial charge in [0, 0.05) is 11.1 Å². The second kappa shape index (κ2) is 4.88. The van der Waals surface area contributed by atoms with Gasteiger partial charge in [-0.25, -0.2) is 9.59 Å². The van der Waals surface area contributed by atoms with E-state index in [1.807, 2.05) is 12.2 Å². The molecule has 0 amide bonds. The molecule has 0 aromatic heterocycles. The summed E-state index contributed by atoms with van der Waals surface area (Å²) in [5.41, 5.74) is 8.67. The van der Waals surface area contributed by atoms with Gasteiger partial charge in [-0.05, 0) is 60.1 Å². The van der Waals surface area contributed by atoms with Gasteiger partial charge in [-0.1, -0.05) is 12.2 Å². The summed E-state index contributed by atoms with van der Waals surface area (Å²) in [6, 6.07) is 0. The summed E-state index contributed by atoms with van der Waals surface area (Å²) in [5.74, 6) is 0. The minimum absolute atomic E-state index is 0.740. The van der Waals surface area contributed by atoms with E-state index in [-0.39, 0.29) is 0 Å². The van der Waals surface area contributed by atoms with Gasteiger partial charge in [0.1, 0.15) is 0 Å². The molecule has 0 saturated heterocycles. The van der Waals surface area contributed by atoms with Crippen LogP contribution in [0.25, 0.3) is 0 Å². The minimum atomic E-state index is 0.740. The molecule has 0 unspecified atom stereocenters. The molecule has 0 saturated carbocycles. The molecule has 0 atom stereocenters. The average Bonchev–Trinajstić information content (AvgIpc) is 2.48. The molecular formula is C18H12N2O2. The minimum Gasteiger partial charge on any atom is -0.211 e. The zero-order chi connectivity index (χ0) is 15.1. The van der Waals surface area contributed by atoms with Crippen molar-refractivity contribution in [2.75, 3.05) is 0 Å². The Hall–Kier alpha value is -2.80. The third-order valence-corrected chi connectivity index (χ3v) is 4.52. The Labute approximate surface area is 127 Å². The van der Waals surface area contributed by atoms with Crippen molar-refractivity contribution in [2.24, 2.45) is 9.98 Å². The van der Waals surface area contributed by atoms with E-state index in [9.17, 15) is 9.59 Å². The summed E-state index contributed by atoms with van der Waals surface area (Å²) in [4.78, 5) is 28.5. The monoisotopic (exact) mass is 288 g/mol. The van der Waals surface area contributed by atoms with E-state index in [1.165, 1.54) is 22.3 Å². The first kappa shape index (κ1) is 12.9. The third kappa shape index (κ3) is 1.72. The molecule has 0 aliphatic heterocycles. The van der Waals surface area contributed by atoms with Crippen LogP contribution in [0.15, 0.2) is 79.1 Å². The molecule has 4 aliphatic rings. The van der Waals surface area contributed by atoms with Crippen LogP contribution in [0.3, 0.4) is 0 Å². The van der Waals surface area contributed by atoms with E-state index in [0.717, 1.165) is 48.2 Å². The highest BCUT2D eigenvalue weighted by Crippen LogP contribution is 2.50. The molecule has 22 heavy (non-hydrogen) atoms. The first-order valence-corrected chi connectivity index (χ1v) is 7.31. The van der Waals surface area contributed by atoms with Crippen molar-refractivity contribution in [2.45, 2.75) is 25.7 Å². The quantitative estimate of drug-likeness (QED) is 0.589. The summed E-state index contributed by atoms with van der Waals surface area (Å²) in [7, 11) is 0. The first-order valence-electron chi connectivity index (χ1n) is 7.31. The Morgan fingerprint density at radius 2 is 1.23 bits per heavy atom. The van der Waals surface area contributed by atoms with E-state index >= 15 is 0 Å². The van der Waals surface area contributed by atoms with Gasteiger partial charge >= 0.3 is 0 Å². The number of carbonyl (C=O) groups excluding carboxylic acids is 2. The maximum absolute atomic E-state index is 10.5. The topological polar surface area (TPSA) is 58.9 Å². The SMILES string of the molecule is O=C=NC1=CCCC2=C(C3=C4CCC=C(N=C=O)C4=C3)C=C12. The maximum Gasteiger partial charge on any atom is 0.240 e. The van der Waals surface area contributed by atoms with Gasteiger partial charge in [0.15, 0.2) is 0 Å². The molecule has 0 fully saturated rings. The van der Waals surface area contributed by atoms with E-state index in [4.69, 9.17) is 0 Å². The summed E-state index contributed by atoms with van der Waals surface area (Å²) in [5, 5.41) is 0. The molecule has 0 bridgehead atoms. The van der Waals surface area contributed by atoms with E-state index in [1.54, 1.807) is 12.2 Å². The molecule has 0 aromatic rings. The van der Waals surface area contributed by atoms with Crippen LogP contribution in [0.1, 0.15) is 25.7 Å². The van der Waals surface area contributed by atoms with Gasteiger partial charge < -0.3 is 0 Å². The Morgan fingerprint density at radius 3 is 1.64 bits per heavy atom. The number of hydrogen-bond acceptors (Lipinski definition) is 4. The van der Waals surface area contributed by atoms with Crippen LogP contribution < -0.4 is 0 Å². The molecule has 4 aliphatic carbocycles. The summed E-state index contributed by atoms with van der Waals surface area (Å²) >= 11 is 0. The first-order chi connectivity index (χ1) is 10.8. The number of nitrogens with zero attached hydrogens (tertiary/aromatic N) is 2. The van der Waals surface area contributed by atoms with Crippen molar-refractivity contribution in [3.63, 3.8) is 0 Å². The van der Waals surface area contributed by atoms with Gasteiger partial charge in [0.05, 0.1) is 11.4 Å². The lowest BCUT2D eigenvalue weighted by Gasteiger charge is -2.34. The molecule has 0 heterocycles. The molecule has 0 radical (unpaired) electrons. The summed E-state index contributed by atoms with van der Waals surface area (Å²) in [6.45, 7) is 0. The fourth-order valence-electron chi connectivity index (χ4n) is 3.48. The number of rotatable bonds is 3. The highest BCUT2D eigenvalue weighted by Gasteiger charge is 2.33. The van der Waals surface area contributed by atoms with Crippen LogP contribution in [0.5, 0.6) is 0 Å². The largest absolute Gasteiger partial charge is 0.240 e. The molecule has 106 valence electrons. The number of fused-ring (bicyclic) bond motifs is 2. The predicted molar refractivity (Wildman–Crippen MR) is 81.1 cm³/mol. The van der Waals surface area contributed by atoms with E-state index in [2.05, 4.69) is 22.1 Å². The van der Waals surface area contributed by atoms with Crippen molar-refractivity contribution in [3.8, 4) is 0 Å². The zero-order valence-corrected chi connectivity index (χ0v) is 11.8. The highest BCUT2D eigenvalue weighted by molar-refractivity contribution is 5.78. The number of aliphatic imine (C=N–C) groups is 2. The van der Waals surface area contributed by atoms with Gasteiger partial charge in [-0.15, -0.1) is 0 Å². The van der Waals surface area contributed by atoms with E-state index < -0.39 is 0 Å². The highest BCUT2D eigenvalue weighted by atomic mass is 16.1. The zero-order valence-electron chi connectivity index (χ0n) is 11.8. The van der Waals surface area contributed by atoms with Crippen molar-refractivity contribution in [1.29, 1.82) is 0 Å². The molecule has 0 N–H and O–H groups in total. The predicted octanol–water partition coefficient (Wildman–Crippen LogP) is 3.49. The van der Waals surface area contributed by atoms with Crippen LogP contribution in [-0.2, 0) is 9.59 Å². The summed E-state index contributed by atoms with van der Waals surface area (Å²) < 4.78 is 0. The van der Waals surface area contributed by atoms with Crippen molar-refractivity contribution < 1.29 is 9.59 Å². The van der Waals surface area contributed by atoms with Crippen LogP contribution >= 0.6 is 0 Å². The van der Waals surface area contributed by atoms with Crippen molar-refractivity contribution in [3.05, 3.63) is 69.1 Å². The van der Waals surface area contributed by atoms with Crippen molar-refractivity contribution in [1.82, 2.24) is 0 Å². The molecule has 4 heteroatoms. The van der Waals surface area contributed by atoms with Crippen LogP contribution in [0.2, 0.25) is 0 Å². The van der Waals surface area contributed by atoms with Gasteiger partial charge in [-0.3, -0.25) is 0 Å². The number of isocyanates is 2. The smallest absolute Gasteiger partial charge is 0.211 e. The lowest BCUT2D eigenvalue weighted by Crippen LogP contribution is -2.18. The molecule has 0 aromatic carbocycles. The Morgan fingerprint density at radius 1 is 0.773 bits per heavy atom. The lowest BCUT2D eigenvalue weighted by molar-refractivity contribution is 0.564. The summed E-state index contributed by atoms with van der Waals surface area (Å²) in [6.07, 6.45) is 15.2. The second-order valence-corrected chi connectivity index (χ2v) is 5.56. The van der Waals surface area contributed by atoms with Gasteiger partial charge in [0.25, 0.3) is 0 Å². The van der Waals surface area contributed by atoms with Gasteiger partial charge in [0.2, 0.25) is 12.2 Å². The Bertz CT molecular complexity index is 804. The standard InChI is InChI=1S/C18H12N2O2/c21-9-19-17-5-1-3-11-13(7-15(11)17)14-8-16-12(14)4-2-6-18(16)20-10-22/h5-8H,1-4H2. The number of allylic oxidation sites excluding steroid dienone is 8. The maximum atomic E-state index is 10.5. The second-order valence-electron chi connectivity index (χ2n) is 5.56. The number of hydrogen-bond donors (Lipinski definition) is 0. The van der Waals surface area contributed by atoms with Crippen LogP contribution in [-0.4, -0.2) is 12.2 Å². The molecule has 0 spiro atoms. The van der Waals surface area contributed by atoms with Crippen molar-refractivity contribution >= 4 is 12.2 Å². The fraction of sp³-hybridized carbons (Fsp3) is 0.222. The molecule has 4 rings (SSSR count). The Balaban J connectivity index is 1.65. The van der Waals surface area contributed by atoms with Crippen LogP contribution in [0, 0.1) is 0 Å². The average molecular weight is 288 g/mol. The van der Waals surface area contributed by atoms with E-state index in [0.29, 0.717) is 0 Å². The normalized spacial score (nSPS) is 21.6.